The fraction of sp³-hybridized carbons (Fsp3) is 0.917. The third-order valence-electron chi connectivity index (χ3n) is 2.99. The fourth-order valence-corrected chi connectivity index (χ4v) is 3.50. The Bertz CT molecular complexity index is 214. The number of thioether (sulfide) groups is 1. The summed E-state index contributed by atoms with van der Waals surface area (Å²) in [5.41, 5.74) is 0. The molecule has 1 fully saturated rings. The van der Waals surface area contributed by atoms with Crippen molar-refractivity contribution in [2.75, 3.05) is 5.75 Å². The second kappa shape index (κ2) is 6.40. The van der Waals surface area contributed by atoms with Gasteiger partial charge in [-0.3, -0.25) is 5.32 Å². The molecule has 0 radical (unpaired) electrons. The molecule has 86 valence electrons. The first-order chi connectivity index (χ1) is 7.26. The molecule has 1 N–H and O–H groups in total. The highest BCUT2D eigenvalue weighted by Crippen LogP contribution is 2.38. The maximum Gasteiger partial charge on any atom is 0.106 e. The lowest BCUT2D eigenvalue weighted by molar-refractivity contribution is 0.394. The molecule has 15 heavy (non-hydrogen) atoms. The molecule has 0 aliphatic carbocycles. The summed E-state index contributed by atoms with van der Waals surface area (Å²) in [6, 6.07) is 2.41. The highest BCUT2D eigenvalue weighted by atomic mass is 32.2. The van der Waals surface area contributed by atoms with Gasteiger partial charge in [-0.15, -0.1) is 11.8 Å². The van der Waals surface area contributed by atoms with Gasteiger partial charge in [0.15, 0.2) is 0 Å². The van der Waals surface area contributed by atoms with E-state index in [1.165, 1.54) is 38.5 Å². The van der Waals surface area contributed by atoms with Gasteiger partial charge in [-0.25, -0.2) is 0 Å². The Kier molecular flexibility index (Phi) is 5.49. The van der Waals surface area contributed by atoms with E-state index in [0.29, 0.717) is 0 Å². The minimum absolute atomic E-state index is 0.0729. The predicted molar refractivity (Wildman–Crippen MR) is 66.8 cm³/mol. The summed E-state index contributed by atoms with van der Waals surface area (Å²) >= 11 is 1.97. The van der Waals surface area contributed by atoms with E-state index >= 15 is 0 Å². The van der Waals surface area contributed by atoms with Gasteiger partial charge >= 0.3 is 0 Å². The Hall–Kier alpha value is -0.200. The average molecular weight is 226 g/mol. The van der Waals surface area contributed by atoms with Gasteiger partial charge in [0.05, 0.1) is 10.9 Å². The monoisotopic (exact) mass is 226 g/mol. The molecular formula is C12H22N2S. The minimum atomic E-state index is 0.0729. The Labute approximate surface area is 97.8 Å². The normalized spacial score (nSPS) is 23.9. The third kappa shape index (κ3) is 3.70. The molecule has 0 aromatic carbocycles. The zero-order valence-electron chi connectivity index (χ0n) is 9.88. The second-order valence-corrected chi connectivity index (χ2v) is 5.74. The third-order valence-corrected chi connectivity index (χ3v) is 4.57. The Balaban J connectivity index is 2.50. The van der Waals surface area contributed by atoms with E-state index in [4.69, 9.17) is 5.26 Å². The van der Waals surface area contributed by atoms with E-state index in [1.54, 1.807) is 0 Å². The van der Waals surface area contributed by atoms with Gasteiger partial charge in [0.1, 0.15) is 6.04 Å². The maximum atomic E-state index is 8.92. The SMILES string of the molecule is CCCCC1(CCCC)NC(C#N)CS1. The van der Waals surface area contributed by atoms with Crippen LogP contribution < -0.4 is 5.32 Å². The minimum Gasteiger partial charge on any atom is -0.287 e. The molecule has 1 aliphatic rings. The topological polar surface area (TPSA) is 35.8 Å². The lowest BCUT2D eigenvalue weighted by Crippen LogP contribution is -2.41. The zero-order valence-corrected chi connectivity index (χ0v) is 10.7. The summed E-state index contributed by atoms with van der Waals surface area (Å²) in [6.45, 7) is 4.46. The first-order valence-corrected chi connectivity index (χ1v) is 7.06. The summed E-state index contributed by atoms with van der Waals surface area (Å²) in [5.74, 6) is 0.962. The fourth-order valence-electron chi connectivity index (χ4n) is 2.05. The lowest BCUT2D eigenvalue weighted by atomic mass is 10.0. The van der Waals surface area contributed by atoms with Crippen LogP contribution in [0.2, 0.25) is 0 Å². The highest BCUT2D eigenvalue weighted by Gasteiger charge is 2.37. The predicted octanol–water partition coefficient (Wildman–Crippen LogP) is 3.29. The van der Waals surface area contributed by atoms with Crippen molar-refractivity contribution >= 4 is 11.8 Å². The second-order valence-electron chi connectivity index (χ2n) is 4.34. The van der Waals surface area contributed by atoms with E-state index in [2.05, 4.69) is 25.2 Å². The Morgan fingerprint density at radius 2 is 1.93 bits per heavy atom. The van der Waals surface area contributed by atoms with Crippen molar-refractivity contribution in [1.82, 2.24) is 5.32 Å². The van der Waals surface area contributed by atoms with E-state index in [0.717, 1.165) is 5.75 Å². The smallest absolute Gasteiger partial charge is 0.106 e. The lowest BCUT2D eigenvalue weighted by Gasteiger charge is -2.29. The maximum absolute atomic E-state index is 8.92. The van der Waals surface area contributed by atoms with Gasteiger partial charge in [0.2, 0.25) is 0 Å². The van der Waals surface area contributed by atoms with Crippen LogP contribution in [-0.4, -0.2) is 16.7 Å². The first-order valence-electron chi connectivity index (χ1n) is 6.07. The molecule has 0 spiro atoms. The largest absolute Gasteiger partial charge is 0.287 e. The number of hydrogen-bond acceptors (Lipinski definition) is 3. The molecule has 0 aromatic rings. The summed E-state index contributed by atoms with van der Waals surface area (Å²) in [6.07, 6.45) is 7.45. The summed E-state index contributed by atoms with van der Waals surface area (Å²) in [4.78, 5) is 0.215. The average Bonchev–Trinajstić information content (AvgIpc) is 2.68. The number of nitrogens with one attached hydrogen (secondary N) is 1. The molecule has 3 heteroatoms. The molecule has 1 heterocycles. The molecule has 2 nitrogen and oxygen atoms in total. The van der Waals surface area contributed by atoms with Gasteiger partial charge in [-0.05, 0) is 12.8 Å². The highest BCUT2D eigenvalue weighted by molar-refractivity contribution is 8.00. The van der Waals surface area contributed by atoms with Crippen LogP contribution in [0.15, 0.2) is 0 Å². The quantitative estimate of drug-likeness (QED) is 0.755. The number of hydrogen-bond donors (Lipinski definition) is 1. The van der Waals surface area contributed by atoms with Crippen LogP contribution in [0.1, 0.15) is 52.4 Å². The molecule has 1 saturated heterocycles. The number of nitrogens with zero attached hydrogens (tertiary/aromatic N) is 1. The van der Waals surface area contributed by atoms with Gasteiger partial charge in [-0.1, -0.05) is 39.5 Å². The van der Waals surface area contributed by atoms with E-state index < -0.39 is 0 Å². The number of rotatable bonds is 6. The van der Waals surface area contributed by atoms with Gasteiger partial charge in [0, 0.05) is 5.75 Å². The molecule has 1 unspecified atom stereocenters. The van der Waals surface area contributed by atoms with Crippen molar-refractivity contribution in [3.63, 3.8) is 0 Å². The summed E-state index contributed by atoms with van der Waals surface area (Å²) < 4.78 is 0. The van der Waals surface area contributed by atoms with Crippen LogP contribution >= 0.6 is 11.8 Å². The summed E-state index contributed by atoms with van der Waals surface area (Å²) in [5, 5.41) is 12.4. The van der Waals surface area contributed by atoms with Crippen LogP contribution in [0, 0.1) is 11.3 Å². The van der Waals surface area contributed by atoms with Gasteiger partial charge in [0.25, 0.3) is 0 Å². The molecule has 1 rings (SSSR count). The van der Waals surface area contributed by atoms with Crippen molar-refractivity contribution in [1.29, 1.82) is 5.26 Å². The zero-order chi connectivity index (χ0) is 11.1. The van der Waals surface area contributed by atoms with Gasteiger partial charge < -0.3 is 0 Å². The first kappa shape index (κ1) is 12.9. The van der Waals surface area contributed by atoms with Crippen LogP contribution in [0.3, 0.4) is 0 Å². The van der Waals surface area contributed by atoms with Crippen molar-refractivity contribution in [3.05, 3.63) is 0 Å². The Morgan fingerprint density at radius 1 is 1.33 bits per heavy atom. The number of unbranched alkanes of at least 4 members (excludes halogenated alkanes) is 2. The summed E-state index contributed by atoms with van der Waals surface area (Å²) in [7, 11) is 0. The van der Waals surface area contributed by atoms with Crippen LogP contribution in [0.25, 0.3) is 0 Å². The molecule has 0 aromatic heterocycles. The molecule has 0 amide bonds. The van der Waals surface area contributed by atoms with Crippen LogP contribution in [0.5, 0.6) is 0 Å². The van der Waals surface area contributed by atoms with Gasteiger partial charge in [-0.2, -0.15) is 5.26 Å². The van der Waals surface area contributed by atoms with E-state index in [1.807, 2.05) is 11.8 Å². The van der Waals surface area contributed by atoms with Crippen molar-refractivity contribution in [2.45, 2.75) is 63.3 Å². The molecule has 0 saturated carbocycles. The van der Waals surface area contributed by atoms with Crippen molar-refractivity contribution in [3.8, 4) is 6.07 Å². The molecular weight excluding hydrogens is 204 g/mol. The number of nitriles is 1. The van der Waals surface area contributed by atoms with E-state index in [-0.39, 0.29) is 10.9 Å². The van der Waals surface area contributed by atoms with Crippen molar-refractivity contribution < 1.29 is 0 Å². The Morgan fingerprint density at radius 3 is 2.33 bits per heavy atom. The van der Waals surface area contributed by atoms with Crippen LogP contribution in [-0.2, 0) is 0 Å². The molecule has 1 aliphatic heterocycles. The molecule has 0 bridgehead atoms. The van der Waals surface area contributed by atoms with Crippen LogP contribution in [0.4, 0.5) is 0 Å². The standard InChI is InChI=1S/C12H22N2S/c1-3-5-7-12(8-6-4-2)14-11(9-13)10-15-12/h11,14H,3-8,10H2,1-2H3. The van der Waals surface area contributed by atoms with Crippen molar-refractivity contribution in [2.24, 2.45) is 0 Å². The molecule has 1 atom stereocenters. The van der Waals surface area contributed by atoms with E-state index in [9.17, 15) is 0 Å².